The standard InChI is InChI=1S/C22H26ClN3O2/c1-15-5-2-3-6-18(15)24-22(28)21-19-7-4-12-25(19)14-20(27)26(21)13-16-8-10-17(23)11-9-16/h4,7-12,15,18,21H,2-3,5-6,13-14H2,1H3,(H,24,28)/t15-,18+,21-/m1/s1. The van der Waals surface area contributed by atoms with Gasteiger partial charge in [-0.2, -0.15) is 0 Å². The Balaban J connectivity index is 1.60. The van der Waals surface area contributed by atoms with Crippen molar-refractivity contribution in [3.63, 3.8) is 0 Å². The van der Waals surface area contributed by atoms with Crippen molar-refractivity contribution in [2.24, 2.45) is 5.92 Å². The molecule has 1 aromatic heterocycles. The average Bonchev–Trinajstić information content (AvgIpc) is 3.13. The van der Waals surface area contributed by atoms with Gasteiger partial charge < -0.3 is 14.8 Å². The third-order valence-corrected chi connectivity index (χ3v) is 6.29. The van der Waals surface area contributed by atoms with E-state index in [1.54, 1.807) is 4.90 Å². The molecule has 148 valence electrons. The van der Waals surface area contributed by atoms with E-state index in [0.29, 0.717) is 17.5 Å². The SMILES string of the molecule is C[C@@H]1CCCC[C@@H]1NC(=O)[C@H]1c2cccn2CC(=O)N1Cc1ccc(Cl)cc1. The van der Waals surface area contributed by atoms with Crippen LogP contribution in [-0.2, 0) is 22.7 Å². The molecule has 2 amide bonds. The maximum absolute atomic E-state index is 13.3. The van der Waals surface area contributed by atoms with Gasteiger partial charge in [-0.15, -0.1) is 0 Å². The Labute approximate surface area is 170 Å². The number of nitrogens with zero attached hydrogens (tertiary/aromatic N) is 2. The van der Waals surface area contributed by atoms with Crippen LogP contribution in [0.1, 0.15) is 49.9 Å². The number of nitrogens with one attached hydrogen (secondary N) is 1. The molecule has 1 saturated carbocycles. The molecular weight excluding hydrogens is 374 g/mol. The second kappa shape index (κ2) is 8.00. The maximum atomic E-state index is 13.3. The van der Waals surface area contributed by atoms with Gasteiger partial charge in [0.25, 0.3) is 0 Å². The molecule has 2 aromatic rings. The summed E-state index contributed by atoms with van der Waals surface area (Å²) in [5, 5.41) is 3.90. The van der Waals surface area contributed by atoms with Gasteiger partial charge in [0.15, 0.2) is 6.04 Å². The van der Waals surface area contributed by atoms with Crippen molar-refractivity contribution >= 4 is 23.4 Å². The Morgan fingerprint density at radius 1 is 1.18 bits per heavy atom. The lowest BCUT2D eigenvalue weighted by Crippen LogP contribution is -2.51. The molecule has 3 atom stereocenters. The van der Waals surface area contributed by atoms with Gasteiger partial charge in [-0.25, -0.2) is 0 Å². The van der Waals surface area contributed by atoms with Gasteiger partial charge >= 0.3 is 0 Å². The minimum atomic E-state index is -0.610. The number of carbonyl (C=O) groups is 2. The van der Waals surface area contributed by atoms with E-state index in [9.17, 15) is 9.59 Å². The summed E-state index contributed by atoms with van der Waals surface area (Å²) in [5.41, 5.74) is 1.83. The van der Waals surface area contributed by atoms with Crippen LogP contribution in [0.5, 0.6) is 0 Å². The summed E-state index contributed by atoms with van der Waals surface area (Å²) in [5.74, 6) is 0.338. The lowest BCUT2D eigenvalue weighted by atomic mass is 9.85. The molecule has 0 bridgehead atoms. The van der Waals surface area contributed by atoms with E-state index in [1.807, 2.05) is 47.2 Å². The van der Waals surface area contributed by atoms with E-state index in [4.69, 9.17) is 11.6 Å². The van der Waals surface area contributed by atoms with Crippen LogP contribution in [0.2, 0.25) is 5.02 Å². The maximum Gasteiger partial charge on any atom is 0.249 e. The molecule has 1 aliphatic heterocycles. The number of fused-ring (bicyclic) bond motifs is 1. The highest BCUT2D eigenvalue weighted by Crippen LogP contribution is 2.30. The summed E-state index contributed by atoms with van der Waals surface area (Å²) in [6.07, 6.45) is 6.38. The minimum Gasteiger partial charge on any atom is -0.351 e. The van der Waals surface area contributed by atoms with Crippen molar-refractivity contribution in [3.05, 3.63) is 58.9 Å². The molecule has 6 heteroatoms. The van der Waals surface area contributed by atoms with Crippen LogP contribution in [0.4, 0.5) is 0 Å². The molecular formula is C22H26ClN3O2. The number of amides is 2. The van der Waals surface area contributed by atoms with Crippen molar-refractivity contribution in [2.75, 3.05) is 0 Å². The van der Waals surface area contributed by atoms with E-state index in [1.165, 1.54) is 6.42 Å². The summed E-state index contributed by atoms with van der Waals surface area (Å²) in [6, 6.07) is 10.8. The van der Waals surface area contributed by atoms with Crippen LogP contribution in [0.25, 0.3) is 0 Å². The highest BCUT2D eigenvalue weighted by atomic mass is 35.5. The largest absolute Gasteiger partial charge is 0.351 e. The lowest BCUT2D eigenvalue weighted by molar-refractivity contribution is -0.145. The topological polar surface area (TPSA) is 54.3 Å². The smallest absolute Gasteiger partial charge is 0.249 e. The lowest BCUT2D eigenvalue weighted by Gasteiger charge is -2.38. The zero-order valence-electron chi connectivity index (χ0n) is 16.1. The quantitative estimate of drug-likeness (QED) is 0.847. The number of hydrogen-bond acceptors (Lipinski definition) is 2. The van der Waals surface area contributed by atoms with Crippen LogP contribution in [-0.4, -0.2) is 27.3 Å². The van der Waals surface area contributed by atoms with E-state index in [0.717, 1.165) is 30.5 Å². The molecule has 0 unspecified atom stereocenters. The van der Waals surface area contributed by atoms with Gasteiger partial charge in [0.1, 0.15) is 6.54 Å². The van der Waals surface area contributed by atoms with Crippen LogP contribution in [0.3, 0.4) is 0 Å². The van der Waals surface area contributed by atoms with E-state index in [2.05, 4.69) is 12.2 Å². The predicted molar refractivity (Wildman–Crippen MR) is 109 cm³/mol. The van der Waals surface area contributed by atoms with E-state index in [-0.39, 0.29) is 24.4 Å². The van der Waals surface area contributed by atoms with E-state index < -0.39 is 6.04 Å². The number of aromatic nitrogens is 1. The van der Waals surface area contributed by atoms with Crippen LogP contribution < -0.4 is 5.32 Å². The van der Waals surface area contributed by atoms with Gasteiger partial charge in [-0.1, -0.05) is 43.5 Å². The Kier molecular flexibility index (Phi) is 5.44. The molecule has 1 aliphatic carbocycles. The molecule has 4 rings (SSSR count). The molecule has 1 fully saturated rings. The summed E-state index contributed by atoms with van der Waals surface area (Å²) in [4.78, 5) is 27.9. The first kappa shape index (κ1) is 19.1. The number of hydrogen-bond donors (Lipinski definition) is 1. The monoisotopic (exact) mass is 399 g/mol. The number of benzene rings is 1. The normalized spacial score (nSPS) is 24.7. The van der Waals surface area contributed by atoms with Crippen molar-refractivity contribution in [2.45, 2.75) is 57.8 Å². The van der Waals surface area contributed by atoms with Crippen LogP contribution in [0.15, 0.2) is 42.6 Å². The van der Waals surface area contributed by atoms with Crippen molar-refractivity contribution < 1.29 is 9.59 Å². The fourth-order valence-corrected chi connectivity index (χ4v) is 4.52. The average molecular weight is 400 g/mol. The van der Waals surface area contributed by atoms with E-state index >= 15 is 0 Å². The third-order valence-electron chi connectivity index (χ3n) is 6.04. The molecule has 0 spiro atoms. The first-order valence-corrected chi connectivity index (χ1v) is 10.4. The third kappa shape index (κ3) is 3.81. The van der Waals surface area contributed by atoms with Gasteiger partial charge in [0.2, 0.25) is 11.8 Å². The summed E-state index contributed by atoms with van der Waals surface area (Å²) in [7, 11) is 0. The van der Waals surface area contributed by atoms with Crippen LogP contribution in [0, 0.1) is 5.92 Å². The minimum absolute atomic E-state index is 0.0458. The Morgan fingerprint density at radius 2 is 1.93 bits per heavy atom. The zero-order valence-corrected chi connectivity index (χ0v) is 16.9. The summed E-state index contributed by atoms with van der Waals surface area (Å²) >= 11 is 5.99. The van der Waals surface area contributed by atoms with Gasteiger partial charge in [0, 0.05) is 23.8 Å². The molecule has 2 aliphatic rings. The summed E-state index contributed by atoms with van der Waals surface area (Å²) in [6.45, 7) is 2.85. The fraction of sp³-hybridized carbons (Fsp3) is 0.455. The number of rotatable bonds is 4. The van der Waals surface area contributed by atoms with Gasteiger partial charge in [0.05, 0.1) is 5.69 Å². The highest BCUT2D eigenvalue weighted by Gasteiger charge is 2.38. The Morgan fingerprint density at radius 3 is 2.68 bits per heavy atom. The second-order valence-electron chi connectivity index (χ2n) is 7.99. The molecule has 0 radical (unpaired) electrons. The number of carbonyl (C=O) groups excluding carboxylic acids is 2. The second-order valence-corrected chi connectivity index (χ2v) is 8.42. The fourth-order valence-electron chi connectivity index (χ4n) is 4.39. The van der Waals surface area contributed by atoms with Gasteiger partial charge in [-0.05, 0) is 48.6 Å². The predicted octanol–water partition coefficient (Wildman–Crippen LogP) is 3.92. The van der Waals surface area contributed by atoms with Crippen molar-refractivity contribution in [1.29, 1.82) is 0 Å². The first-order valence-electron chi connectivity index (χ1n) is 10.0. The van der Waals surface area contributed by atoms with Crippen LogP contribution >= 0.6 is 11.6 Å². The molecule has 5 nitrogen and oxygen atoms in total. The molecule has 0 saturated heterocycles. The highest BCUT2D eigenvalue weighted by molar-refractivity contribution is 6.30. The molecule has 2 heterocycles. The number of halogens is 1. The molecule has 1 N–H and O–H groups in total. The molecule has 1 aromatic carbocycles. The molecule has 28 heavy (non-hydrogen) atoms. The summed E-state index contributed by atoms with van der Waals surface area (Å²) < 4.78 is 1.88. The Bertz CT molecular complexity index is 861. The van der Waals surface area contributed by atoms with Crippen molar-refractivity contribution in [1.82, 2.24) is 14.8 Å². The van der Waals surface area contributed by atoms with Gasteiger partial charge in [-0.3, -0.25) is 9.59 Å². The van der Waals surface area contributed by atoms with Crippen molar-refractivity contribution in [3.8, 4) is 0 Å². The first-order chi connectivity index (χ1) is 13.5. The zero-order chi connectivity index (χ0) is 19.7. The Hall–Kier alpha value is -2.27.